The Morgan fingerprint density at radius 2 is 2.17 bits per heavy atom. The number of benzene rings is 1. The van der Waals surface area contributed by atoms with Gasteiger partial charge in [-0.05, 0) is 17.7 Å². The molecule has 0 radical (unpaired) electrons. The number of aromatic nitrogens is 2. The summed E-state index contributed by atoms with van der Waals surface area (Å²) in [7, 11) is 0. The number of carbonyl (C=O) groups excluding carboxylic acids is 1. The third kappa shape index (κ3) is 3.08. The molecule has 0 unspecified atom stereocenters. The zero-order chi connectivity index (χ0) is 17.1. The number of H-pyrrole nitrogens is 1. The maximum absolute atomic E-state index is 12.2. The SMILES string of the molecule is O=C(Cc1c[nH]c2ccc([N+](=O)[O-])cc12)Nc1cnccc1CO. The number of amides is 1. The summed E-state index contributed by atoms with van der Waals surface area (Å²) in [6.07, 6.45) is 4.69. The highest BCUT2D eigenvalue weighted by molar-refractivity contribution is 5.96. The smallest absolute Gasteiger partial charge is 0.270 e. The van der Waals surface area contributed by atoms with Gasteiger partial charge in [-0.1, -0.05) is 0 Å². The molecule has 0 spiro atoms. The highest BCUT2D eigenvalue weighted by atomic mass is 16.6. The van der Waals surface area contributed by atoms with Gasteiger partial charge in [0.25, 0.3) is 5.69 Å². The average Bonchev–Trinajstić information content (AvgIpc) is 2.97. The zero-order valence-corrected chi connectivity index (χ0v) is 12.5. The van der Waals surface area contributed by atoms with Crippen LogP contribution in [-0.2, 0) is 17.8 Å². The van der Waals surface area contributed by atoms with Crippen molar-refractivity contribution in [3.05, 3.63) is 64.1 Å². The van der Waals surface area contributed by atoms with Crippen molar-refractivity contribution in [2.24, 2.45) is 0 Å². The summed E-state index contributed by atoms with van der Waals surface area (Å²) in [6.45, 7) is -0.211. The van der Waals surface area contributed by atoms with E-state index in [9.17, 15) is 20.0 Å². The van der Waals surface area contributed by atoms with Gasteiger partial charge in [0.05, 0.1) is 29.8 Å². The monoisotopic (exact) mass is 326 g/mol. The number of hydrogen-bond acceptors (Lipinski definition) is 5. The molecule has 8 heteroatoms. The Hall–Kier alpha value is -3.26. The molecule has 0 fully saturated rings. The fourth-order valence-corrected chi connectivity index (χ4v) is 2.47. The minimum atomic E-state index is -0.473. The predicted octanol–water partition coefficient (Wildman–Crippen LogP) is 2.14. The fourth-order valence-electron chi connectivity index (χ4n) is 2.47. The molecule has 0 aliphatic heterocycles. The van der Waals surface area contributed by atoms with Crippen LogP contribution in [-0.4, -0.2) is 25.9 Å². The predicted molar refractivity (Wildman–Crippen MR) is 87.4 cm³/mol. The second kappa shape index (κ2) is 6.47. The number of rotatable bonds is 5. The van der Waals surface area contributed by atoms with Gasteiger partial charge >= 0.3 is 0 Å². The molecule has 0 saturated carbocycles. The molecule has 0 aliphatic carbocycles. The Bertz CT molecular complexity index is 919. The summed E-state index contributed by atoms with van der Waals surface area (Å²) in [4.78, 5) is 29.6. The van der Waals surface area contributed by atoms with Crippen LogP contribution in [0.1, 0.15) is 11.1 Å². The number of nitro groups is 1. The van der Waals surface area contributed by atoms with Crippen LogP contribution in [0.4, 0.5) is 11.4 Å². The summed E-state index contributed by atoms with van der Waals surface area (Å²) in [6, 6.07) is 6.08. The number of carbonyl (C=O) groups is 1. The molecule has 3 rings (SSSR count). The highest BCUT2D eigenvalue weighted by Crippen LogP contribution is 2.24. The summed E-state index contributed by atoms with van der Waals surface area (Å²) in [5.74, 6) is -0.301. The van der Waals surface area contributed by atoms with E-state index in [1.807, 2.05) is 0 Å². The van der Waals surface area contributed by atoms with Crippen LogP contribution >= 0.6 is 0 Å². The summed E-state index contributed by atoms with van der Waals surface area (Å²) in [5.41, 5.74) is 2.35. The van der Waals surface area contributed by atoms with Gasteiger partial charge in [-0.15, -0.1) is 0 Å². The Balaban J connectivity index is 1.83. The number of pyridine rings is 1. The summed E-state index contributed by atoms with van der Waals surface area (Å²) in [5, 5.41) is 23.5. The van der Waals surface area contributed by atoms with Gasteiger partial charge in [-0.2, -0.15) is 0 Å². The number of hydrogen-bond donors (Lipinski definition) is 3. The van der Waals surface area contributed by atoms with Gasteiger partial charge in [0.2, 0.25) is 5.91 Å². The molecule has 1 aromatic carbocycles. The van der Waals surface area contributed by atoms with E-state index in [4.69, 9.17) is 0 Å². The van der Waals surface area contributed by atoms with Crippen molar-refractivity contribution < 1.29 is 14.8 Å². The van der Waals surface area contributed by atoms with Crippen molar-refractivity contribution in [1.82, 2.24) is 9.97 Å². The lowest BCUT2D eigenvalue weighted by Gasteiger charge is -2.08. The minimum absolute atomic E-state index is 0.0291. The molecule has 3 aromatic rings. The molecule has 2 heterocycles. The molecule has 0 atom stereocenters. The number of anilines is 1. The van der Waals surface area contributed by atoms with E-state index in [0.29, 0.717) is 22.2 Å². The molecule has 0 aliphatic rings. The number of nitro benzene ring substituents is 1. The Morgan fingerprint density at radius 1 is 1.33 bits per heavy atom. The standard InChI is InChI=1S/C16H14N4O4/c21-9-10-3-4-17-8-15(10)19-16(22)5-11-7-18-14-2-1-12(20(23)24)6-13(11)14/h1-4,6-8,18,21H,5,9H2,(H,19,22). The van der Waals surface area contributed by atoms with Crippen LogP contribution in [0.2, 0.25) is 0 Å². The number of fused-ring (bicyclic) bond motifs is 1. The molecule has 24 heavy (non-hydrogen) atoms. The molecule has 122 valence electrons. The fraction of sp³-hybridized carbons (Fsp3) is 0.125. The van der Waals surface area contributed by atoms with Crippen LogP contribution in [0.5, 0.6) is 0 Å². The van der Waals surface area contributed by atoms with Gasteiger partial charge in [0.15, 0.2) is 0 Å². The van der Waals surface area contributed by atoms with Crippen molar-refractivity contribution in [2.75, 3.05) is 5.32 Å². The van der Waals surface area contributed by atoms with E-state index >= 15 is 0 Å². The van der Waals surface area contributed by atoms with Gasteiger partial charge in [0, 0.05) is 41.0 Å². The maximum atomic E-state index is 12.2. The number of aromatic amines is 1. The minimum Gasteiger partial charge on any atom is -0.392 e. The van der Waals surface area contributed by atoms with E-state index in [-0.39, 0.29) is 24.6 Å². The third-order valence-electron chi connectivity index (χ3n) is 3.67. The average molecular weight is 326 g/mol. The largest absolute Gasteiger partial charge is 0.392 e. The van der Waals surface area contributed by atoms with E-state index < -0.39 is 4.92 Å². The van der Waals surface area contributed by atoms with Crippen molar-refractivity contribution in [1.29, 1.82) is 0 Å². The summed E-state index contributed by atoms with van der Waals surface area (Å²) >= 11 is 0. The number of nitrogens with zero attached hydrogens (tertiary/aromatic N) is 2. The number of nitrogens with one attached hydrogen (secondary N) is 2. The molecule has 1 amide bonds. The first-order valence-corrected chi connectivity index (χ1v) is 7.16. The van der Waals surface area contributed by atoms with E-state index in [2.05, 4.69) is 15.3 Å². The van der Waals surface area contributed by atoms with Gasteiger partial charge in [-0.3, -0.25) is 19.9 Å². The number of aliphatic hydroxyl groups is 1. The molecule has 8 nitrogen and oxygen atoms in total. The highest BCUT2D eigenvalue weighted by Gasteiger charge is 2.14. The maximum Gasteiger partial charge on any atom is 0.270 e. The van der Waals surface area contributed by atoms with Gasteiger partial charge in [-0.25, -0.2) is 0 Å². The van der Waals surface area contributed by atoms with Crippen molar-refractivity contribution >= 4 is 28.2 Å². The van der Waals surface area contributed by atoms with Crippen LogP contribution in [0.25, 0.3) is 10.9 Å². The van der Waals surface area contributed by atoms with Crippen LogP contribution in [0, 0.1) is 10.1 Å². The quantitative estimate of drug-likeness (QED) is 0.490. The van der Waals surface area contributed by atoms with Crippen LogP contribution < -0.4 is 5.32 Å². The molecule has 0 bridgehead atoms. The first-order chi connectivity index (χ1) is 11.6. The first-order valence-electron chi connectivity index (χ1n) is 7.16. The van der Waals surface area contributed by atoms with Gasteiger partial charge in [0.1, 0.15) is 0 Å². The van der Waals surface area contributed by atoms with Crippen molar-refractivity contribution in [3.8, 4) is 0 Å². The lowest BCUT2D eigenvalue weighted by Crippen LogP contribution is -2.15. The molecule has 3 N–H and O–H groups in total. The van der Waals surface area contributed by atoms with E-state index in [1.54, 1.807) is 18.3 Å². The van der Waals surface area contributed by atoms with Crippen LogP contribution in [0.3, 0.4) is 0 Å². The Labute approximate surface area is 136 Å². The normalized spacial score (nSPS) is 10.7. The topological polar surface area (TPSA) is 121 Å². The molecule has 2 aromatic heterocycles. The lowest BCUT2D eigenvalue weighted by molar-refractivity contribution is -0.384. The second-order valence-electron chi connectivity index (χ2n) is 5.22. The van der Waals surface area contributed by atoms with Crippen LogP contribution in [0.15, 0.2) is 42.9 Å². The number of non-ortho nitro benzene ring substituents is 1. The molecule has 0 saturated heterocycles. The Kier molecular flexibility index (Phi) is 4.21. The molecular formula is C16H14N4O4. The zero-order valence-electron chi connectivity index (χ0n) is 12.5. The summed E-state index contributed by atoms with van der Waals surface area (Å²) < 4.78 is 0. The Morgan fingerprint density at radius 3 is 2.92 bits per heavy atom. The van der Waals surface area contributed by atoms with Gasteiger partial charge < -0.3 is 15.4 Å². The third-order valence-corrected chi connectivity index (χ3v) is 3.67. The second-order valence-corrected chi connectivity index (χ2v) is 5.22. The number of aliphatic hydroxyl groups excluding tert-OH is 1. The lowest BCUT2D eigenvalue weighted by atomic mass is 10.1. The van der Waals surface area contributed by atoms with E-state index in [0.717, 1.165) is 5.52 Å². The van der Waals surface area contributed by atoms with E-state index in [1.165, 1.54) is 24.5 Å². The molecular weight excluding hydrogens is 312 g/mol. The van der Waals surface area contributed by atoms with Crippen molar-refractivity contribution in [3.63, 3.8) is 0 Å². The van der Waals surface area contributed by atoms with Crippen molar-refractivity contribution in [2.45, 2.75) is 13.0 Å². The first kappa shape index (κ1) is 15.6.